The third-order valence-electron chi connectivity index (χ3n) is 3.06. The van der Waals surface area contributed by atoms with E-state index in [1.54, 1.807) is 12.1 Å². The van der Waals surface area contributed by atoms with Crippen molar-refractivity contribution in [1.29, 1.82) is 0 Å². The molecule has 0 bridgehead atoms. The zero-order valence-electron chi connectivity index (χ0n) is 14.5. The van der Waals surface area contributed by atoms with Gasteiger partial charge in [-0.05, 0) is 31.9 Å². The maximum atomic E-state index is 12.3. The lowest BCUT2D eigenvalue weighted by molar-refractivity contribution is -0.142. The van der Waals surface area contributed by atoms with Crippen LogP contribution in [0.4, 0.5) is 0 Å². The van der Waals surface area contributed by atoms with Gasteiger partial charge < -0.3 is 28.6 Å². The summed E-state index contributed by atoms with van der Waals surface area (Å²) in [5, 5.41) is 0. The Morgan fingerprint density at radius 1 is 1.33 bits per heavy atom. The number of nitrogens with zero attached hydrogens (tertiary/aromatic N) is 1. The van der Waals surface area contributed by atoms with Crippen LogP contribution in [-0.4, -0.2) is 40.0 Å². The predicted molar refractivity (Wildman–Crippen MR) is 88.3 cm³/mol. The number of guanidine groups is 1. The molecule has 1 aromatic rings. The average molecular weight is 379 g/mol. The topological polar surface area (TPSA) is 137 Å². The number of ether oxygens (including phenoxy) is 1. The SMILES string of the molecule is COC(=O)C(CCCN=C(N)N)NS(=O)(=O)c1ccc(C)cc1.[Cl-].[H+]. The fraction of sp³-hybridized carbons (Fsp3) is 0.429. The third-order valence-corrected chi connectivity index (χ3v) is 4.55. The van der Waals surface area contributed by atoms with Crippen molar-refractivity contribution in [1.82, 2.24) is 4.72 Å². The first-order valence-electron chi connectivity index (χ1n) is 6.98. The minimum atomic E-state index is -3.82. The van der Waals surface area contributed by atoms with Crippen LogP contribution in [0.25, 0.3) is 0 Å². The molecule has 1 rings (SSSR count). The van der Waals surface area contributed by atoms with Gasteiger partial charge in [-0.3, -0.25) is 9.79 Å². The molecule has 0 radical (unpaired) electrons. The lowest BCUT2D eigenvalue weighted by Gasteiger charge is -2.16. The van der Waals surface area contributed by atoms with E-state index in [0.29, 0.717) is 13.0 Å². The molecule has 10 heteroatoms. The van der Waals surface area contributed by atoms with Crippen molar-refractivity contribution < 1.29 is 31.8 Å². The Morgan fingerprint density at radius 2 is 1.92 bits per heavy atom. The average Bonchev–Trinajstić information content (AvgIpc) is 2.49. The first-order chi connectivity index (χ1) is 10.8. The molecule has 0 heterocycles. The molecule has 0 aliphatic carbocycles. The number of benzene rings is 1. The summed E-state index contributed by atoms with van der Waals surface area (Å²) in [6.45, 7) is 2.15. The van der Waals surface area contributed by atoms with Crippen molar-refractivity contribution in [3.63, 3.8) is 0 Å². The Labute approximate surface area is 149 Å². The van der Waals surface area contributed by atoms with Gasteiger partial charge in [-0.1, -0.05) is 17.7 Å². The summed E-state index contributed by atoms with van der Waals surface area (Å²) in [5.74, 6) is -0.717. The van der Waals surface area contributed by atoms with E-state index in [9.17, 15) is 13.2 Å². The highest BCUT2D eigenvalue weighted by Gasteiger charge is 2.25. The molecule has 0 fully saturated rings. The molecule has 0 aromatic heterocycles. The fourth-order valence-corrected chi connectivity index (χ4v) is 3.06. The number of hydrogen-bond acceptors (Lipinski definition) is 5. The Morgan fingerprint density at radius 3 is 2.42 bits per heavy atom. The van der Waals surface area contributed by atoms with Crippen LogP contribution < -0.4 is 28.6 Å². The molecule has 0 aliphatic heterocycles. The third kappa shape index (κ3) is 7.16. The lowest BCUT2D eigenvalue weighted by atomic mass is 10.2. The van der Waals surface area contributed by atoms with Gasteiger partial charge in [0.05, 0.1) is 12.0 Å². The van der Waals surface area contributed by atoms with E-state index in [1.807, 2.05) is 6.92 Å². The standard InChI is InChI=1S/C14H22N4O4S.ClH/c1-10-5-7-11(8-6-10)23(20,21)18-12(13(19)22-2)4-3-9-17-14(15)16;/h5-8,12,18H,3-4,9H2,1-2H3,(H4,15,16,17);1H. The number of aliphatic imine (C=N–C) groups is 1. The summed E-state index contributed by atoms with van der Waals surface area (Å²) in [6, 6.07) is 5.32. The number of halogens is 1. The van der Waals surface area contributed by atoms with Crippen molar-refractivity contribution in [3.8, 4) is 0 Å². The smallest absolute Gasteiger partial charge is 1.00 e. The van der Waals surface area contributed by atoms with E-state index < -0.39 is 22.0 Å². The number of aryl methyl sites for hydroxylation is 1. The first kappa shape index (κ1) is 22.2. The van der Waals surface area contributed by atoms with Gasteiger partial charge in [-0.2, -0.15) is 4.72 Å². The van der Waals surface area contributed by atoms with Crippen LogP contribution in [-0.2, 0) is 19.6 Å². The fourth-order valence-electron chi connectivity index (χ4n) is 1.84. The zero-order chi connectivity index (χ0) is 17.5. The van der Waals surface area contributed by atoms with E-state index in [2.05, 4.69) is 14.5 Å². The van der Waals surface area contributed by atoms with Gasteiger partial charge in [0.25, 0.3) is 0 Å². The number of rotatable bonds is 8. The minimum absolute atomic E-state index is 0. The van der Waals surface area contributed by atoms with Crippen LogP contribution in [0.3, 0.4) is 0 Å². The number of sulfonamides is 1. The van der Waals surface area contributed by atoms with E-state index in [0.717, 1.165) is 5.56 Å². The zero-order valence-corrected chi connectivity index (χ0v) is 15.1. The monoisotopic (exact) mass is 378 g/mol. The molecule has 0 saturated heterocycles. The molecule has 136 valence electrons. The molecule has 0 saturated carbocycles. The van der Waals surface area contributed by atoms with Crippen LogP contribution in [0.2, 0.25) is 0 Å². The Bertz CT molecular complexity index is 664. The molecular formula is C14H23ClN4O4S. The quantitative estimate of drug-likeness (QED) is 0.191. The van der Waals surface area contributed by atoms with Crippen LogP contribution in [0, 0.1) is 6.92 Å². The molecule has 0 spiro atoms. The summed E-state index contributed by atoms with van der Waals surface area (Å²) in [7, 11) is -2.62. The second-order valence-electron chi connectivity index (χ2n) is 4.96. The van der Waals surface area contributed by atoms with Crippen LogP contribution in [0.1, 0.15) is 19.8 Å². The molecule has 24 heavy (non-hydrogen) atoms. The summed E-state index contributed by atoms with van der Waals surface area (Å²) in [5.41, 5.74) is 11.4. The summed E-state index contributed by atoms with van der Waals surface area (Å²) >= 11 is 0. The number of carbonyl (C=O) groups is 1. The highest BCUT2D eigenvalue weighted by molar-refractivity contribution is 7.89. The largest absolute Gasteiger partial charge is 1.00 e. The van der Waals surface area contributed by atoms with Gasteiger partial charge in [-0.15, -0.1) is 0 Å². The lowest BCUT2D eigenvalue weighted by Crippen LogP contribution is -3.00. The minimum Gasteiger partial charge on any atom is -1.00 e. The molecule has 1 atom stereocenters. The van der Waals surface area contributed by atoms with Crippen molar-refractivity contribution >= 4 is 22.0 Å². The van der Waals surface area contributed by atoms with Crippen LogP contribution in [0.15, 0.2) is 34.2 Å². The molecule has 1 unspecified atom stereocenters. The van der Waals surface area contributed by atoms with E-state index in [4.69, 9.17) is 11.5 Å². The molecular weight excluding hydrogens is 356 g/mol. The number of methoxy groups -OCH3 is 1. The molecule has 0 amide bonds. The molecule has 5 N–H and O–H groups in total. The number of esters is 1. The van der Waals surface area contributed by atoms with Gasteiger partial charge in [0, 0.05) is 6.54 Å². The van der Waals surface area contributed by atoms with Gasteiger partial charge in [0.2, 0.25) is 10.0 Å². The second kappa shape index (κ2) is 10.1. The normalized spacial score (nSPS) is 11.9. The maximum absolute atomic E-state index is 12.3. The van der Waals surface area contributed by atoms with Crippen LogP contribution >= 0.6 is 0 Å². The summed E-state index contributed by atoms with van der Waals surface area (Å²) in [6.07, 6.45) is 0.641. The van der Waals surface area contributed by atoms with Crippen molar-refractivity contribution in [2.45, 2.75) is 30.7 Å². The number of nitrogens with two attached hydrogens (primary N) is 2. The second-order valence-corrected chi connectivity index (χ2v) is 6.67. The summed E-state index contributed by atoms with van der Waals surface area (Å²) in [4.78, 5) is 15.6. The van der Waals surface area contributed by atoms with Crippen molar-refractivity contribution in [2.75, 3.05) is 13.7 Å². The molecule has 0 aliphatic rings. The van der Waals surface area contributed by atoms with Crippen molar-refractivity contribution in [3.05, 3.63) is 29.8 Å². The van der Waals surface area contributed by atoms with Crippen LogP contribution in [0.5, 0.6) is 0 Å². The van der Waals surface area contributed by atoms with Gasteiger partial charge in [0.1, 0.15) is 6.04 Å². The number of nitrogens with one attached hydrogen (secondary N) is 1. The van der Waals surface area contributed by atoms with E-state index >= 15 is 0 Å². The molecule has 1 aromatic carbocycles. The Balaban J connectivity index is 0. The highest BCUT2D eigenvalue weighted by atomic mass is 35.5. The van der Waals surface area contributed by atoms with E-state index in [-0.39, 0.29) is 31.1 Å². The highest BCUT2D eigenvalue weighted by Crippen LogP contribution is 2.12. The first-order valence-corrected chi connectivity index (χ1v) is 8.47. The molecule has 8 nitrogen and oxygen atoms in total. The summed E-state index contributed by atoms with van der Waals surface area (Å²) < 4.78 is 31.7. The van der Waals surface area contributed by atoms with E-state index in [1.165, 1.54) is 19.2 Å². The predicted octanol–water partition coefficient (Wildman–Crippen LogP) is -3.01. The maximum Gasteiger partial charge on any atom is 1.00 e. The Kier molecular flexibility index (Phi) is 9.34. The van der Waals surface area contributed by atoms with Gasteiger partial charge in [0.15, 0.2) is 5.96 Å². The number of carbonyl (C=O) groups excluding carboxylic acids is 1. The van der Waals surface area contributed by atoms with Gasteiger partial charge >= 0.3 is 7.40 Å². The van der Waals surface area contributed by atoms with Gasteiger partial charge in [-0.25, -0.2) is 8.42 Å². The Hall–Kier alpha value is -1.84. The van der Waals surface area contributed by atoms with Crippen molar-refractivity contribution in [2.24, 2.45) is 16.5 Å². The number of hydrogen-bond donors (Lipinski definition) is 3.